The van der Waals surface area contributed by atoms with Crippen LogP contribution in [0.4, 0.5) is 0 Å². The highest BCUT2D eigenvalue weighted by atomic mass is 32.2. The predicted octanol–water partition coefficient (Wildman–Crippen LogP) is 4.45. The molecule has 0 aliphatic rings. The van der Waals surface area contributed by atoms with Crippen molar-refractivity contribution in [1.82, 2.24) is 15.0 Å². The fourth-order valence-electron chi connectivity index (χ4n) is 1.83. The maximum absolute atomic E-state index is 4.62. The van der Waals surface area contributed by atoms with Crippen LogP contribution in [0.5, 0.6) is 0 Å². The summed E-state index contributed by atoms with van der Waals surface area (Å²) in [4.78, 5) is 14.3. The summed E-state index contributed by atoms with van der Waals surface area (Å²) in [5.74, 6) is 0. The molecule has 92 valence electrons. The van der Waals surface area contributed by atoms with Gasteiger partial charge in [-0.05, 0) is 35.3 Å². The summed E-state index contributed by atoms with van der Waals surface area (Å²) in [7, 11) is 0. The number of hydrogen-bond donors (Lipinski definition) is 0. The molecule has 4 aromatic rings. The number of nitrogens with zero attached hydrogens (tertiary/aromatic N) is 3. The highest BCUT2D eigenvalue weighted by molar-refractivity contribution is 8.01. The topological polar surface area (TPSA) is 38.7 Å². The van der Waals surface area contributed by atoms with E-state index in [4.69, 9.17) is 0 Å². The molecular weight excluding hydrogens is 294 g/mol. The Morgan fingerprint density at radius 3 is 2.95 bits per heavy atom. The van der Waals surface area contributed by atoms with Gasteiger partial charge in [-0.25, -0.2) is 15.0 Å². The first-order valence-corrected chi connectivity index (χ1v) is 8.13. The molecule has 0 fully saturated rings. The van der Waals surface area contributed by atoms with E-state index in [0.717, 1.165) is 25.1 Å². The van der Waals surface area contributed by atoms with Crippen molar-refractivity contribution >= 4 is 54.9 Å². The van der Waals surface area contributed by atoms with Crippen LogP contribution >= 0.6 is 34.4 Å². The van der Waals surface area contributed by atoms with E-state index < -0.39 is 0 Å². The zero-order chi connectivity index (χ0) is 12.7. The minimum Gasteiger partial charge on any atom is -0.229 e. The molecule has 3 heterocycles. The van der Waals surface area contributed by atoms with Gasteiger partial charge in [0.2, 0.25) is 0 Å². The number of rotatable bonds is 2. The van der Waals surface area contributed by atoms with Gasteiger partial charge < -0.3 is 0 Å². The highest BCUT2D eigenvalue weighted by Gasteiger charge is 2.10. The fraction of sp³-hybridized carbons (Fsp3) is 0. The number of fused-ring (bicyclic) bond motifs is 2. The van der Waals surface area contributed by atoms with E-state index in [1.807, 2.05) is 23.6 Å². The molecule has 0 amide bonds. The van der Waals surface area contributed by atoms with Crippen LogP contribution < -0.4 is 0 Å². The van der Waals surface area contributed by atoms with Gasteiger partial charge >= 0.3 is 0 Å². The third-order valence-corrected chi connectivity index (χ3v) is 5.62. The number of thiophene rings is 1. The Kier molecular flexibility index (Phi) is 2.72. The molecule has 0 aliphatic heterocycles. The van der Waals surface area contributed by atoms with E-state index in [0.29, 0.717) is 0 Å². The van der Waals surface area contributed by atoms with Crippen LogP contribution in [-0.2, 0) is 0 Å². The van der Waals surface area contributed by atoms with Crippen molar-refractivity contribution in [3.05, 3.63) is 42.0 Å². The molecule has 4 rings (SSSR count). The summed E-state index contributed by atoms with van der Waals surface area (Å²) in [5.41, 5.74) is 1.05. The molecule has 6 heteroatoms. The van der Waals surface area contributed by atoms with Crippen LogP contribution in [0, 0.1) is 0 Å². The molecule has 0 saturated heterocycles. The predicted molar refractivity (Wildman–Crippen MR) is 81.2 cm³/mol. The zero-order valence-electron chi connectivity index (χ0n) is 9.61. The van der Waals surface area contributed by atoms with Crippen molar-refractivity contribution in [2.75, 3.05) is 0 Å². The van der Waals surface area contributed by atoms with Gasteiger partial charge in [-0.1, -0.05) is 12.1 Å². The zero-order valence-corrected chi connectivity index (χ0v) is 12.1. The second-order valence-corrected chi connectivity index (χ2v) is 7.03. The maximum Gasteiger partial charge on any atom is 0.157 e. The molecular formula is C13H7N3S3. The summed E-state index contributed by atoms with van der Waals surface area (Å²) in [5, 5.41) is 4.13. The fourth-order valence-corrected chi connectivity index (χ4v) is 4.68. The quantitative estimate of drug-likeness (QED) is 0.513. The van der Waals surface area contributed by atoms with Crippen LogP contribution in [0.1, 0.15) is 0 Å². The number of aromatic nitrogens is 3. The Morgan fingerprint density at radius 1 is 1.05 bits per heavy atom. The lowest BCUT2D eigenvalue weighted by Crippen LogP contribution is -1.82. The van der Waals surface area contributed by atoms with E-state index in [1.165, 1.54) is 4.70 Å². The molecule has 3 aromatic heterocycles. The Labute approximate surface area is 121 Å². The number of hydrogen-bond acceptors (Lipinski definition) is 6. The lowest BCUT2D eigenvalue weighted by molar-refractivity contribution is 1.10. The molecule has 0 spiro atoms. The van der Waals surface area contributed by atoms with Crippen molar-refractivity contribution in [2.45, 2.75) is 9.37 Å². The second-order valence-electron chi connectivity index (χ2n) is 3.87. The first-order chi connectivity index (χ1) is 9.40. The molecule has 0 N–H and O–H groups in total. The first kappa shape index (κ1) is 11.3. The van der Waals surface area contributed by atoms with Crippen LogP contribution in [0.25, 0.3) is 20.4 Å². The minimum absolute atomic E-state index is 0.977. The van der Waals surface area contributed by atoms with E-state index in [1.54, 1.807) is 40.8 Å². The molecule has 0 saturated carbocycles. The maximum atomic E-state index is 4.62. The van der Waals surface area contributed by atoms with Crippen molar-refractivity contribution in [3.8, 4) is 0 Å². The van der Waals surface area contributed by atoms with Gasteiger partial charge in [-0.2, -0.15) is 0 Å². The minimum atomic E-state index is 0.977. The molecule has 3 nitrogen and oxygen atoms in total. The van der Waals surface area contributed by atoms with E-state index in [9.17, 15) is 0 Å². The average molecular weight is 301 g/mol. The monoisotopic (exact) mass is 301 g/mol. The lowest BCUT2D eigenvalue weighted by Gasteiger charge is -1.97. The molecule has 1 aromatic carbocycles. The molecule has 0 unspecified atom stereocenters. The van der Waals surface area contributed by atoms with Gasteiger partial charge in [0.15, 0.2) is 4.34 Å². The van der Waals surface area contributed by atoms with Crippen molar-refractivity contribution < 1.29 is 0 Å². The van der Waals surface area contributed by atoms with E-state index in [-0.39, 0.29) is 0 Å². The third-order valence-electron chi connectivity index (χ3n) is 2.68. The molecule has 19 heavy (non-hydrogen) atoms. The SMILES string of the molecule is c1ccc2sc(Sc3ncnc4sccc34)nc2c1. The van der Waals surface area contributed by atoms with Crippen LogP contribution in [-0.4, -0.2) is 15.0 Å². The average Bonchev–Trinajstić information content (AvgIpc) is 3.04. The Hall–Kier alpha value is -1.50. The number of thiazole rings is 1. The van der Waals surface area contributed by atoms with Crippen LogP contribution in [0.15, 0.2) is 51.4 Å². The second kappa shape index (κ2) is 4.56. The number of benzene rings is 1. The third kappa shape index (κ3) is 2.01. The molecule has 0 aliphatic carbocycles. The van der Waals surface area contributed by atoms with Crippen LogP contribution in [0.2, 0.25) is 0 Å². The molecule has 0 radical (unpaired) electrons. The van der Waals surface area contributed by atoms with Gasteiger partial charge in [0.25, 0.3) is 0 Å². The van der Waals surface area contributed by atoms with E-state index in [2.05, 4.69) is 27.1 Å². The Bertz CT molecular complexity index is 832. The van der Waals surface area contributed by atoms with Gasteiger partial charge in [0.1, 0.15) is 16.2 Å². The van der Waals surface area contributed by atoms with Gasteiger partial charge in [0, 0.05) is 5.39 Å². The summed E-state index contributed by atoms with van der Waals surface area (Å²) in [6.07, 6.45) is 1.62. The van der Waals surface area contributed by atoms with E-state index >= 15 is 0 Å². The van der Waals surface area contributed by atoms with Crippen molar-refractivity contribution in [3.63, 3.8) is 0 Å². The smallest absolute Gasteiger partial charge is 0.157 e. The van der Waals surface area contributed by atoms with Gasteiger partial charge in [-0.15, -0.1) is 22.7 Å². The molecule has 0 atom stereocenters. The lowest BCUT2D eigenvalue weighted by atomic mass is 10.3. The van der Waals surface area contributed by atoms with Gasteiger partial charge in [0.05, 0.1) is 10.2 Å². The Morgan fingerprint density at radius 2 is 2.00 bits per heavy atom. The summed E-state index contributed by atoms with van der Waals surface area (Å²) < 4.78 is 2.23. The van der Waals surface area contributed by atoms with Crippen molar-refractivity contribution in [1.29, 1.82) is 0 Å². The summed E-state index contributed by atoms with van der Waals surface area (Å²) >= 11 is 4.94. The van der Waals surface area contributed by atoms with Crippen LogP contribution in [0.3, 0.4) is 0 Å². The normalized spacial score (nSPS) is 11.4. The number of para-hydroxylation sites is 1. The summed E-state index contributed by atoms with van der Waals surface area (Å²) in [6, 6.07) is 10.2. The molecule has 0 bridgehead atoms. The first-order valence-electron chi connectivity index (χ1n) is 5.62. The van der Waals surface area contributed by atoms with Gasteiger partial charge in [-0.3, -0.25) is 0 Å². The largest absolute Gasteiger partial charge is 0.229 e. The standard InChI is InChI=1S/C13H7N3S3/c1-2-4-10-9(3-1)16-13(18-10)19-12-8-5-6-17-11(8)14-7-15-12/h1-7H. The Balaban J connectivity index is 1.79. The summed E-state index contributed by atoms with van der Waals surface area (Å²) in [6.45, 7) is 0. The highest BCUT2D eigenvalue weighted by Crippen LogP contribution is 2.36. The van der Waals surface area contributed by atoms with Crippen molar-refractivity contribution in [2.24, 2.45) is 0 Å².